The molecule has 42 heavy (non-hydrogen) atoms. The van der Waals surface area contributed by atoms with Gasteiger partial charge in [-0.25, -0.2) is 4.72 Å². The predicted octanol–water partition coefficient (Wildman–Crippen LogP) is 4.24. The van der Waals surface area contributed by atoms with Crippen molar-refractivity contribution in [1.82, 2.24) is 18.5 Å². The molecule has 1 N–H and O–H groups in total. The minimum atomic E-state index is -3.94. The average molecular weight is 591 g/mol. The highest BCUT2D eigenvalue weighted by atomic mass is 32.2. The lowest BCUT2D eigenvalue weighted by molar-refractivity contribution is -0.141. The second-order valence-corrected chi connectivity index (χ2v) is 14.4. The molecule has 2 aliphatic heterocycles. The third kappa shape index (κ3) is 4.37. The van der Waals surface area contributed by atoms with Crippen LogP contribution in [0.4, 0.5) is 0 Å². The van der Waals surface area contributed by atoms with Crippen LogP contribution in [-0.2, 0) is 26.3 Å². The van der Waals surface area contributed by atoms with Gasteiger partial charge in [-0.1, -0.05) is 49.6 Å². The largest absolute Gasteiger partial charge is 0.378 e. The molecule has 2 aliphatic carbocycles. The number of carbonyl (C=O) groups excluding carboxylic acids is 2. The van der Waals surface area contributed by atoms with Crippen molar-refractivity contribution in [2.75, 3.05) is 40.4 Å². The summed E-state index contributed by atoms with van der Waals surface area (Å²) in [5.74, 6) is 0.0397. The Labute approximate surface area is 247 Å². The summed E-state index contributed by atoms with van der Waals surface area (Å²) >= 11 is 0. The van der Waals surface area contributed by atoms with Crippen molar-refractivity contribution in [1.29, 1.82) is 0 Å². The van der Waals surface area contributed by atoms with Crippen molar-refractivity contribution >= 4 is 32.9 Å². The summed E-state index contributed by atoms with van der Waals surface area (Å²) in [7, 11) is -1.17. The molecule has 10 heteroatoms. The quantitative estimate of drug-likeness (QED) is 0.479. The number of hydrogen-bond acceptors (Lipinski definition) is 5. The van der Waals surface area contributed by atoms with Gasteiger partial charge in [0.05, 0.1) is 24.3 Å². The van der Waals surface area contributed by atoms with Gasteiger partial charge in [0.25, 0.3) is 5.91 Å². The lowest BCUT2D eigenvalue weighted by Gasteiger charge is -2.31. The Morgan fingerprint density at radius 2 is 1.76 bits per heavy atom. The van der Waals surface area contributed by atoms with E-state index in [1.54, 1.807) is 6.07 Å². The number of benzene rings is 2. The minimum Gasteiger partial charge on any atom is -0.378 e. The molecule has 0 spiro atoms. The summed E-state index contributed by atoms with van der Waals surface area (Å²) in [6.45, 7) is 2.85. The smallest absolute Gasteiger partial charge is 0.303 e. The number of nitrogens with zero attached hydrogens (tertiary/aromatic N) is 3. The molecule has 3 fully saturated rings. The molecular weight excluding hydrogens is 552 g/mol. The Morgan fingerprint density at radius 3 is 2.50 bits per heavy atom. The lowest BCUT2D eigenvalue weighted by atomic mass is 9.81. The number of rotatable bonds is 5. The molecular formula is C32H38N4O5S. The van der Waals surface area contributed by atoms with Crippen molar-refractivity contribution in [3.05, 3.63) is 59.2 Å². The van der Waals surface area contributed by atoms with E-state index in [-0.39, 0.29) is 17.4 Å². The molecule has 3 aromatic rings. The van der Waals surface area contributed by atoms with Crippen LogP contribution in [0.25, 0.3) is 22.2 Å². The monoisotopic (exact) mass is 590 g/mol. The molecule has 0 radical (unpaired) electrons. The summed E-state index contributed by atoms with van der Waals surface area (Å²) in [6, 6.07) is 14.1. The maximum Gasteiger partial charge on any atom is 0.303 e. The number of amides is 2. The summed E-state index contributed by atoms with van der Waals surface area (Å²) < 4.78 is 35.9. The number of carbonyl (C=O) groups is 2. The van der Waals surface area contributed by atoms with Crippen molar-refractivity contribution < 1.29 is 22.7 Å². The van der Waals surface area contributed by atoms with Gasteiger partial charge >= 0.3 is 10.2 Å². The molecule has 1 aromatic heterocycles. The van der Waals surface area contributed by atoms with Crippen molar-refractivity contribution in [3.63, 3.8) is 0 Å². The highest BCUT2D eigenvalue weighted by molar-refractivity contribution is 7.87. The molecule has 9 nitrogen and oxygen atoms in total. The first-order valence-corrected chi connectivity index (χ1v) is 16.5. The minimum absolute atomic E-state index is 0.134. The molecule has 1 saturated heterocycles. The highest BCUT2D eigenvalue weighted by Crippen LogP contribution is 2.65. The first kappa shape index (κ1) is 27.6. The van der Waals surface area contributed by atoms with Gasteiger partial charge in [-0.2, -0.15) is 12.7 Å². The topological polar surface area (TPSA) is 101 Å². The molecule has 2 atom stereocenters. The average Bonchev–Trinajstić information content (AvgIpc) is 3.67. The fourth-order valence-corrected chi connectivity index (χ4v) is 8.15. The van der Waals surface area contributed by atoms with Gasteiger partial charge in [-0.05, 0) is 48.4 Å². The van der Waals surface area contributed by atoms with Crippen LogP contribution < -0.4 is 4.72 Å². The molecule has 4 aliphatic rings. The van der Waals surface area contributed by atoms with Crippen LogP contribution in [0.3, 0.4) is 0 Å². The van der Waals surface area contributed by atoms with Gasteiger partial charge in [0, 0.05) is 61.7 Å². The van der Waals surface area contributed by atoms with E-state index in [9.17, 15) is 18.0 Å². The number of morpholine rings is 1. The van der Waals surface area contributed by atoms with Crippen LogP contribution in [0.5, 0.6) is 0 Å². The number of aromatic nitrogens is 1. The maximum atomic E-state index is 14.3. The summed E-state index contributed by atoms with van der Waals surface area (Å²) in [5.41, 5.74) is 5.48. The van der Waals surface area contributed by atoms with E-state index in [1.165, 1.54) is 50.0 Å². The Kier molecular flexibility index (Phi) is 6.71. The van der Waals surface area contributed by atoms with Gasteiger partial charge in [0.2, 0.25) is 5.91 Å². The Balaban J connectivity index is 1.42. The number of nitrogens with one attached hydrogen (secondary N) is 1. The predicted molar refractivity (Wildman–Crippen MR) is 160 cm³/mol. The van der Waals surface area contributed by atoms with Gasteiger partial charge in [-0.3, -0.25) is 9.59 Å². The van der Waals surface area contributed by atoms with E-state index in [4.69, 9.17) is 4.74 Å². The van der Waals surface area contributed by atoms with Crippen molar-refractivity contribution in [3.8, 4) is 11.3 Å². The van der Waals surface area contributed by atoms with E-state index in [0.29, 0.717) is 38.8 Å². The van der Waals surface area contributed by atoms with Gasteiger partial charge in [0.15, 0.2) is 0 Å². The normalized spacial score (nSPS) is 24.1. The van der Waals surface area contributed by atoms with Gasteiger partial charge < -0.3 is 14.2 Å². The number of ether oxygens (including phenoxy) is 1. The molecule has 0 bridgehead atoms. The second-order valence-electron chi connectivity index (χ2n) is 12.5. The van der Waals surface area contributed by atoms with E-state index in [0.717, 1.165) is 40.2 Å². The molecule has 2 amide bonds. The summed E-state index contributed by atoms with van der Waals surface area (Å²) in [4.78, 5) is 29.4. The van der Waals surface area contributed by atoms with Crippen LogP contribution in [0.15, 0.2) is 42.5 Å². The molecule has 7 rings (SSSR count). The zero-order valence-corrected chi connectivity index (χ0v) is 25.1. The zero-order valence-electron chi connectivity index (χ0n) is 24.3. The Bertz CT molecular complexity index is 1680. The zero-order chi connectivity index (χ0) is 29.2. The molecule has 2 aromatic carbocycles. The van der Waals surface area contributed by atoms with Crippen LogP contribution >= 0.6 is 0 Å². The second kappa shape index (κ2) is 10.2. The SMILES string of the molecule is CN(C)S(=O)(=O)NC(=O)c1ccc2c(C3CCCCC3)c3n(c2c1)CC1(C(=O)N2CCOCC2)C[C@@H]1c1ccccc1-3. The van der Waals surface area contributed by atoms with Crippen molar-refractivity contribution in [2.45, 2.75) is 56.9 Å². The van der Waals surface area contributed by atoms with Crippen LogP contribution in [0.2, 0.25) is 0 Å². The first-order chi connectivity index (χ1) is 20.2. The molecule has 2 saturated carbocycles. The fourth-order valence-electron chi connectivity index (χ4n) is 7.62. The Morgan fingerprint density at radius 1 is 1.02 bits per heavy atom. The number of hydrogen-bond donors (Lipinski definition) is 1. The van der Waals surface area contributed by atoms with Gasteiger partial charge in [-0.15, -0.1) is 0 Å². The van der Waals surface area contributed by atoms with Crippen molar-refractivity contribution in [2.24, 2.45) is 5.41 Å². The summed E-state index contributed by atoms with van der Waals surface area (Å²) in [6.07, 6.45) is 6.62. The highest BCUT2D eigenvalue weighted by Gasteiger charge is 2.63. The van der Waals surface area contributed by atoms with E-state index in [1.807, 2.05) is 17.0 Å². The first-order valence-electron chi connectivity index (χ1n) is 15.1. The van der Waals surface area contributed by atoms with Crippen LogP contribution in [0, 0.1) is 5.41 Å². The van der Waals surface area contributed by atoms with Crippen LogP contribution in [0.1, 0.15) is 71.8 Å². The van der Waals surface area contributed by atoms with Crippen LogP contribution in [-0.4, -0.2) is 74.4 Å². The number of fused-ring (bicyclic) bond motifs is 7. The van der Waals surface area contributed by atoms with E-state index >= 15 is 0 Å². The third-order valence-corrected chi connectivity index (χ3v) is 11.3. The lowest BCUT2D eigenvalue weighted by Crippen LogP contribution is -2.45. The molecule has 3 heterocycles. The molecule has 1 unspecified atom stereocenters. The third-order valence-electron chi connectivity index (χ3n) is 9.91. The molecule has 222 valence electrons. The Hall–Kier alpha value is -3.21. The fraction of sp³-hybridized carbons (Fsp3) is 0.500. The standard InChI is InChI=1S/C32H38N4O5S/c1-34(2)42(39,40)33-30(37)22-12-13-25-27(18-22)36-20-32(31(38)35-14-16-41-17-15-35)19-26(32)23-10-6-7-11-24(23)29(36)28(25)21-8-4-3-5-9-21/h6-7,10-13,18,21,26H,3-5,8-9,14-17,19-20H2,1-2H3,(H,33,37)/t26-,32?/m1/s1. The van der Waals surface area contributed by atoms with E-state index < -0.39 is 21.5 Å². The summed E-state index contributed by atoms with van der Waals surface area (Å²) in [5, 5.41) is 1.09. The van der Waals surface area contributed by atoms with E-state index in [2.05, 4.69) is 33.6 Å². The maximum absolute atomic E-state index is 14.3. The van der Waals surface area contributed by atoms with Gasteiger partial charge in [0.1, 0.15) is 0 Å².